The predicted molar refractivity (Wildman–Crippen MR) is 93.9 cm³/mol. The monoisotopic (exact) mass is 364 g/mol. The van der Waals surface area contributed by atoms with Crippen molar-refractivity contribution in [3.63, 3.8) is 0 Å². The van der Waals surface area contributed by atoms with E-state index >= 15 is 0 Å². The van der Waals surface area contributed by atoms with Gasteiger partial charge in [-0.25, -0.2) is 9.37 Å². The molecule has 132 valence electrons. The topological polar surface area (TPSA) is 75.2 Å². The molecule has 0 aliphatic rings. The molecule has 2 rings (SSSR count). The summed E-state index contributed by atoms with van der Waals surface area (Å²) in [5.41, 5.74) is 1.80. The number of pyridine rings is 2. The van der Waals surface area contributed by atoms with Crippen LogP contribution in [-0.2, 0) is 4.79 Å². The van der Waals surface area contributed by atoms with Gasteiger partial charge in [0.2, 0.25) is 6.41 Å². The Labute approximate surface area is 150 Å². The van der Waals surface area contributed by atoms with Crippen LogP contribution in [0.15, 0.2) is 18.3 Å². The summed E-state index contributed by atoms with van der Waals surface area (Å²) in [6.07, 6.45) is 2.15. The molecular formula is C17H18ClFN4O2. The second-order valence-corrected chi connectivity index (χ2v) is 6.06. The predicted octanol–water partition coefficient (Wildman–Crippen LogP) is 3.36. The van der Waals surface area contributed by atoms with E-state index in [-0.39, 0.29) is 17.3 Å². The molecule has 0 saturated carbocycles. The van der Waals surface area contributed by atoms with Crippen molar-refractivity contribution in [2.75, 3.05) is 11.9 Å². The Morgan fingerprint density at radius 1 is 1.44 bits per heavy atom. The number of nitrogens with one attached hydrogen (secondary N) is 1. The van der Waals surface area contributed by atoms with Gasteiger partial charge in [0, 0.05) is 13.2 Å². The Morgan fingerprint density at radius 2 is 2.12 bits per heavy atom. The number of rotatable bonds is 5. The van der Waals surface area contributed by atoms with E-state index in [2.05, 4.69) is 15.3 Å². The van der Waals surface area contributed by atoms with Crippen molar-refractivity contribution in [2.45, 2.75) is 26.7 Å². The molecule has 0 spiro atoms. The number of aromatic nitrogens is 2. The summed E-state index contributed by atoms with van der Waals surface area (Å²) < 4.78 is 13.8. The van der Waals surface area contributed by atoms with Gasteiger partial charge < -0.3 is 5.32 Å². The minimum atomic E-state index is -0.846. The Morgan fingerprint density at radius 3 is 2.68 bits per heavy atom. The fourth-order valence-electron chi connectivity index (χ4n) is 2.46. The average molecular weight is 365 g/mol. The summed E-state index contributed by atoms with van der Waals surface area (Å²) in [7, 11) is 1.40. The zero-order valence-corrected chi connectivity index (χ0v) is 15.1. The first-order valence-corrected chi connectivity index (χ1v) is 7.97. The van der Waals surface area contributed by atoms with E-state index in [1.807, 2.05) is 20.8 Å². The molecule has 2 aromatic rings. The average Bonchev–Trinajstić information content (AvgIpc) is 2.58. The lowest BCUT2D eigenvalue weighted by molar-refractivity contribution is -0.106. The van der Waals surface area contributed by atoms with Crippen molar-refractivity contribution in [3.05, 3.63) is 46.1 Å². The highest BCUT2D eigenvalue weighted by Crippen LogP contribution is 2.35. The van der Waals surface area contributed by atoms with Crippen LogP contribution in [0.5, 0.6) is 0 Å². The van der Waals surface area contributed by atoms with Crippen LogP contribution >= 0.6 is 11.6 Å². The molecule has 0 unspecified atom stereocenters. The van der Waals surface area contributed by atoms with Gasteiger partial charge in [-0.3, -0.25) is 19.5 Å². The number of amides is 2. The molecule has 0 fully saturated rings. The Hall–Kier alpha value is -2.54. The lowest BCUT2D eigenvalue weighted by Crippen LogP contribution is -2.26. The van der Waals surface area contributed by atoms with Crippen LogP contribution in [-0.4, -0.2) is 29.3 Å². The van der Waals surface area contributed by atoms with Crippen molar-refractivity contribution in [3.8, 4) is 0 Å². The van der Waals surface area contributed by atoms with Crippen LogP contribution in [0.4, 0.5) is 15.9 Å². The lowest BCUT2D eigenvalue weighted by Gasteiger charge is -2.24. The fraction of sp³-hybridized carbons (Fsp3) is 0.294. The largest absolute Gasteiger partial charge is 0.355 e. The molecule has 0 aliphatic carbocycles. The third-order valence-corrected chi connectivity index (χ3v) is 3.93. The summed E-state index contributed by atoms with van der Waals surface area (Å²) in [5, 5.41) is 1.98. The molecule has 0 atom stereocenters. The quantitative estimate of drug-likeness (QED) is 0.652. The maximum atomic E-state index is 13.8. The van der Waals surface area contributed by atoms with E-state index in [9.17, 15) is 14.0 Å². The number of anilines is 2. The second-order valence-electron chi connectivity index (χ2n) is 5.70. The number of carbonyl (C=O) groups excluding carboxylic acids is 2. The van der Waals surface area contributed by atoms with Crippen LogP contribution in [0.2, 0.25) is 5.15 Å². The van der Waals surface area contributed by atoms with Gasteiger partial charge in [0.05, 0.1) is 16.9 Å². The third-order valence-electron chi connectivity index (χ3n) is 3.66. The van der Waals surface area contributed by atoms with Gasteiger partial charge in [-0.15, -0.1) is 0 Å². The number of halogens is 2. The normalized spacial score (nSPS) is 10.7. The number of hydrogen-bond donors (Lipinski definition) is 1. The number of hydrogen-bond acceptors (Lipinski definition) is 4. The molecule has 2 amide bonds. The molecule has 0 aliphatic heterocycles. The van der Waals surface area contributed by atoms with Crippen molar-refractivity contribution in [2.24, 2.45) is 0 Å². The third kappa shape index (κ3) is 3.61. The highest BCUT2D eigenvalue weighted by Gasteiger charge is 2.25. The van der Waals surface area contributed by atoms with Crippen LogP contribution in [0.25, 0.3) is 0 Å². The Bertz CT molecular complexity index is 827. The van der Waals surface area contributed by atoms with E-state index in [4.69, 9.17) is 11.6 Å². The molecule has 2 aromatic heterocycles. The summed E-state index contributed by atoms with van der Waals surface area (Å²) in [5.74, 6) is -1.48. The molecule has 8 heteroatoms. The first-order chi connectivity index (χ1) is 11.8. The fourth-order valence-corrected chi connectivity index (χ4v) is 2.59. The van der Waals surface area contributed by atoms with Crippen LogP contribution in [0.1, 0.15) is 41.4 Å². The Balaban J connectivity index is 2.78. The molecule has 1 N–H and O–H groups in total. The summed E-state index contributed by atoms with van der Waals surface area (Å²) in [4.78, 5) is 33.4. The van der Waals surface area contributed by atoms with Crippen LogP contribution in [0, 0.1) is 12.7 Å². The summed E-state index contributed by atoms with van der Waals surface area (Å²) in [6.45, 7) is 5.67. The zero-order valence-electron chi connectivity index (χ0n) is 14.3. The maximum absolute atomic E-state index is 13.8. The van der Waals surface area contributed by atoms with E-state index < -0.39 is 16.9 Å². The van der Waals surface area contributed by atoms with Gasteiger partial charge in [0.15, 0.2) is 16.8 Å². The highest BCUT2D eigenvalue weighted by atomic mass is 35.5. The molecule has 2 heterocycles. The SMILES string of the molecule is CNC(=O)c1cc(F)c(Cl)nc1N(C=O)c1c(C)ccnc1C(C)C. The molecule has 0 aromatic carbocycles. The first-order valence-electron chi connectivity index (χ1n) is 7.59. The van der Waals surface area contributed by atoms with Crippen molar-refractivity contribution < 1.29 is 14.0 Å². The van der Waals surface area contributed by atoms with Crippen LogP contribution in [0.3, 0.4) is 0 Å². The van der Waals surface area contributed by atoms with Gasteiger partial charge in [0.25, 0.3) is 5.91 Å². The van der Waals surface area contributed by atoms with E-state index in [0.29, 0.717) is 17.8 Å². The molecule has 6 nitrogen and oxygen atoms in total. The summed E-state index contributed by atoms with van der Waals surface area (Å²) >= 11 is 5.79. The van der Waals surface area contributed by atoms with Gasteiger partial charge >= 0.3 is 0 Å². The van der Waals surface area contributed by atoms with Crippen molar-refractivity contribution >= 4 is 35.4 Å². The lowest BCUT2D eigenvalue weighted by atomic mass is 10.0. The maximum Gasteiger partial charge on any atom is 0.254 e. The minimum absolute atomic E-state index is 0.0109. The smallest absolute Gasteiger partial charge is 0.254 e. The van der Waals surface area contributed by atoms with Crippen molar-refractivity contribution in [1.29, 1.82) is 0 Å². The minimum Gasteiger partial charge on any atom is -0.355 e. The molecular weight excluding hydrogens is 347 g/mol. The van der Waals surface area contributed by atoms with Gasteiger partial charge in [-0.05, 0) is 30.5 Å². The van der Waals surface area contributed by atoms with Crippen LogP contribution < -0.4 is 10.2 Å². The second kappa shape index (κ2) is 7.57. The molecule has 0 radical (unpaired) electrons. The Kier molecular flexibility index (Phi) is 5.69. The zero-order chi connectivity index (χ0) is 18.7. The van der Waals surface area contributed by atoms with Gasteiger partial charge in [-0.1, -0.05) is 25.4 Å². The van der Waals surface area contributed by atoms with E-state index in [1.165, 1.54) is 11.9 Å². The standard InChI is InChI=1S/C17H18ClFN4O2/c1-9(2)13-14(10(3)5-6-21-13)23(8-24)16-11(17(25)20-4)7-12(19)15(18)22-16/h5-9H,1-4H3,(H,20,25). The molecule has 0 saturated heterocycles. The first kappa shape index (κ1) is 18.8. The number of carbonyl (C=O) groups is 2. The van der Waals surface area contributed by atoms with Gasteiger partial charge in [-0.2, -0.15) is 0 Å². The molecule has 0 bridgehead atoms. The van der Waals surface area contributed by atoms with E-state index in [1.54, 1.807) is 12.3 Å². The summed E-state index contributed by atoms with van der Waals surface area (Å²) in [6, 6.07) is 2.70. The molecule has 25 heavy (non-hydrogen) atoms. The number of nitrogens with zero attached hydrogens (tertiary/aromatic N) is 3. The van der Waals surface area contributed by atoms with Gasteiger partial charge in [0.1, 0.15) is 0 Å². The van der Waals surface area contributed by atoms with E-state index in [0.717, 1.165) is 11.6 Å². The highest BCUT2D eigenvalue weighted by molar-refractivity contribution is 6.30. The van der Waals surface area contributed by atoms with Crippen molar-refractivity contribution in [1.82, 2.24) is 15.3 Å². The number of aryl methyl sites for hydroxylation is 1.